The van der Waals surface area contributed by atoms with Crippen LogP contribution >= 0.6 is 0 Å². The molecule has 1 heterocycles. The summed E-state index contributed by atoms with van der Waals surface area (Å²) in [5.41, 5.74) is 2.17. The van der Waals surface area contributed by atoms with Crippen LogP contribution in [0, 0.1) is 24.1 Å². The van der Waals surface area contributed by atoms with Gasteiger partial charge in [-0.1, -0.05) is 0 Å². The molecule has 5 heteroatoms. The molecule has 1 N–H and O–H groups in total. The van der Waals surface area contributed by atoms with E-state index in [0.717, 1.165) is 11.4 Å². The van der Waals surface area contributed by atoms with E-state index in [4.69, 9.17) is 5.26 Å². The average Bonchev–Trinajstić information content (AvgIpc) is 2.60. The quantitative estimate of drug-likeness (QED) is 0.862. The van der Waals surface area contributed by atoms with E-state index in [0.29, 0.717) is 11.3 Å². The van der Waals surface area contributed by atoms with Crippen LogP contribution in [0.4, 0.5) is 15.8 Å². The summed E-state index contributed by atoms with van der Waals surface area (Å²) in [5.74, 6) is -0.452. The normalized spacial score (nSPS) is 10.0. The molecule has 0 radical (unpaired) electrons. The smallest absolute Gasteiger partial charge is 0.147 e. The highest BCUT2D eigenvalue weighted by Gasteiger charge is 2.07. The minimum absolute atomic E-state index is 0.302. The molecule has 0 amide bonds. The molecule has 0 saturated carbocycles. The van der Waals surface area contributed by atoms with E-state index in [9.17, 15) is 4.39 Å². The van der Waals surface area contributed by atoms with Gasteiger partial charge >= 0.3 is 0 Å². The highest BCUT2D eigenvalue weighted by molar-refractivity contribution is 5.62. The van der Waals surface area contributed by atoms with Crippen LogP contribution in [0.2, 0.25) is 0 Å². The maximum atomic E-state index is 13.6. The minimum Gasteiger partial charge on any atom is -0.350 e. The van der Waals surface area contributed by atoms with E-state index in [1.807, 2.05) is 13.0 Å². The SMILES string of the molecule is Cc1nn(C)cc1Nc1ccc(C#N)cc1F. The first-order chi connectivity index (χ1) is 8.10. The Kier molecular flexibility index (Phi) is 2.79. The number of nitriles is 1. The van der Waals surface area contributed by atoms with E-state index in [1.54, 1.807) is 30.1 Å². The number of rotatable bonds is 2. The van der Waals surface area contributed by atoms with Crippen molar-refractivity contribution in [3.63, 3.8) is 0 Å². The van der Waals surface area contributed by atoms with E-state index < -0.39 is 5.82 Å². The highest BCUT2D eigenvalue weighted by Crippen LogP contribution is 2.22. The molecule has 0 aliphatic rings. The van der Waals surface area contributed by atoms with Crippen LogP contribution in [0.1, 0.15) is 11.3 Å². The van der Waals surface area contributed by atoms with Crippen LogP contribution < -0.4 is 5.32 Å². The zero-order valence-corrected chi connectivity index (χ0v) is 9.53. The molecule has 0 atom stereocenters. The van der Waals surface area contributed by atoms with Gasteiger partial charge in [-0.05, 0) is 25.1 Å². The molecular weight excluding hydrogens is 219 g/mol. The van der Waals surface area contributed by atoms with Gasteiger partial charge in [-0.25, -0.2) is 4.39 Å². The van der Waals surface area contributed by atoms with Crippen molar-refractivity contribution in [1.29, 1.82) is 5.26 Å². The summed E-state index contributed by atoms with van der Waals surface area (Å²) in [6, 6.07) is 6.20. The van der Waals surface area contributed by atoms with Gasteiger partial charge in [0.15, 0.2) is 0 Å². The van der Waals surface area contributed by atoms with Crippen LogP contribution in [0.15, 0.2) is 24.4 Å². The van der Waals surface area contributed by atoms with E-state index in [-0.39, 0.29) is 0 Å². The maximum absolute atomic E-state index is 13.6. The number of aryl methyl sites for hydroxylation is 2. The molecule has 0 bridgehead atoms. The Morgan fingerprint density at radius 3 is 2.71 bits per heavy atom. The van der Waals surface area contributed by atoms with E-state index in [2.05, 4.69) is 10.4 Å². The van der Waals surface area contributed by atoms with Crippen molar-refractivity contribution in [3.05, 3.63) is 41.5 Å². The molecule has 86 valence electrons. The van der Waals surface area contributed by atoms with E-state index >= 15 is 0 Å². The van der Waals surface area contributed by atoms with E-state index in [1.165, 1.54) is 6.07 Å². The van der Waals surface area contributed by atoms with Gasteiger partial charge in [0, 0.05) is 13.2 Å². The third kappa shape index (κ3) is 2.26. The summed E-state index contributed by atoms with van der Waals surface area (Å²) in [4.78, 5) is 0. The molecule has 17 heavy (non-hydrogen) atoms. The number of benzene rings is 1. The first kappa shape index (κ1) is 11.1. The lowest BCUT2D eigenvalue weighted by atomic mass is 10.2. The van der Waals surface area contributed by atoms with Gasteiger partial charge in [0.25, 0.3) is 0 Å². The predicted octanol–water partition coefficient (Wildman–Crippen LogP) is 2.48. The van der Waals surface area contributed by atoms with Gasteiger partial charge in [-0.15, -0.1) is 0 Å². The van der Waals surface area contributed by atoms with Crippen molar-refractivity contribution < 1.29 is 4.39 Å². The third-order valence-corrected chi connectivity index (χ3v) is 2.38. The summed E-state index contributed by atoms with van der Waals surface area (Å²) in [6.45, 7) is 1.84. The van der Waals surface area contributed by atoms with Crippen LogP contribution in [-0.4, -0.2) is 9.78 Å². The number of hydrogen-bond acceptors (Lipinski definition) is 3. The number of hydrogen-bond donors (Lipinski definition) is 1. The second-order valence-corrected chi connectivity index (χ2v) is 3.73. The Morgan fingerprint density at radius 2 is 2.18 bits per heavy atom. The predicted molar refractivity (Wildman–Crippen MR) is 62.3 cm³/mol. The lowest BCUT2D eigenvalue weighted by Crippen LogP contribution is -1.94. The average molecular weight is 230 g/mol. The third-order valence-electron chi connectivity index (χ3n) is 2.38. The second kappa shape index (κ2) is 4.26. The summed E-state index contributed by atoms with van der Waals surface area (Å²) < 4.78 is 15.3. The van der Waals surface area contributed by atoms with Crippen molar-refractivity contribution in [2.45, 2.75) is 6.92 Å². The Morgan fingerprint density at radius 1 is 1.41 bits per heavy atom. The Balaban J connectivity index is 2.31. The monoisotopic (exact) mass is 230 g/mol. The number of nitrogens with one attached hydrogen (secondary N) is 1. The van der Waals surface area contributed by atoms with Crippen LogP contribution in [0.5, 0.6) is 0 Å². The molecule has 0 unspecified atom stereocenters. The Labute approximate surface area is 98.3 Å². The van der Waals surface area contributed by atoms with Crippen LogP contribution in [-0.2, 0) is 7.05 Å². The molecule has 2 aromatic rings. The molecule has 2 rings (SSSR count). The summed E-state index contributed by atoms with van der Waals surface area (Å²) in [5, 5.41) is 15.7. The first-order valence-corrected chi connectivity index (χ1v) is 5.07. The lowest BCUT2D eigenvalue weighted by Gasteiger charge is -2.05. The molecule has 0 saturated heterocycles. The molecule has 0 spiro atoms. The molecule has 1 aromatic carbocycles. The molecule has 0 aliphatic heterocycles. The number of halogens is 1. The van der Waals surface area contributed by atoms with Crippen molar-refractivity contribution in [1.82, 2.24) is 9.78 Å². The fourth-order valence-corrected chi connectivity index (χ4v) is 1.55. The van der Waals surface area contributed by atoms with Gasteiger partial charge in [0.05, 0.1) is 28.7 Å². The standard InChI is InChI=1S/C12H11FN4/c1-8-12(7-17(2)16-8)15-11-4-3-9(6-14)5-10(11)13/h3-5,7,15H,1-2H3. The highest BCUT2D eigenvalue weighted by atomic mass is 19.1. The van der Waals surface area contributed by atoms with Crippen LogP contribution in [0.25, 0.3) is 0 Å². The lowest BCUT2D eigenvalue weighted by molar-refractivity contribution is 0.631. The summed E-state index contributed by atoms with van der Waals surface area (Å²) >= 11 is 0. The van der Waals surface area contributed by atoms with Gasteiger partial charge in [0.1, 0.15) is 5.82 Å². The zero-order chi connectivity index (χ0) is 12.4. The van der Waals surface area contributed by atoms with Gasteiger partial charge in [-0.2, -0.15) is 10.4 Å². The largest absolute Gasteiger partial charge is 0.350 e. The molecule has 4 nitrogen and oxygen atoms in total. The van der Waals surface area contributed by atoms with Crippen molar-refractivity contribution in [2.75, 3.05) is 5.32 Å². The molecule has 0 aliphatic carbocycles. The Hall–Kier alpha value is -2.35. The molecule has 1 aromatic heterocycles. The molecular formula is C12H11FN4. The fourth-order valence-electron chi connectivity index (χ4n) is 1.55. The first-order valence-electron chi connectivity index (χ1n) is 5.07. The van der Waals surface area contributed by atoms with Gasteiger partial charge in [-0.3, -0.25) is 4.68 Å². The van der Waals surface area contributed by atoms with Crippen molar-refractivity contribution in [3.8, 4) is 6.07 Å². The zero-order valence-electron chi connectivity index (χ0n) is 9.53. The fraction of sp³-hybridized carbons (Fsp3) is 0.167. The Bertz CT molecular complexity index is 595. The summed E-state index contributed by atoms with van der Waals surface area (Å²) in [6.07, 6.45) is 1.77. The van der Waals surface area contributed by atoms with Gasteiger partial charge in [0.2, 0.25) is 0 Å². The number of anilines is 2. The number of aromatic nitrogens is 2. The topological polar surface area (TPSA) is 53.6 Å². The number of nitrogens with zero attached hydrogens (tertiary/aromatic N) is 3. The van der Waals surface area contributed by atoms with Crippen molar-refractivity contribution >= 4 is 11.4 Å². The van der Waals surface area contributed by atoms with Gasteiger partial charge < -0.3 is 5.32 Å². The van der Waals surface area contributed by atoms with Crippen molar-refractivity contribution in [2.24, 2.45) is 7.05 Å². The minimum atomic E-state index is -0.452. The second-order valence-electron chi connectivity index (χ2n) is 3.73. The maximum Gasteiger partial charge on any atom is 0.147 e. The summed E-state index contributed by atoms with van der Waals surface area (Å²) in [7, 11) is 1.80. The molecule has 0 fully saturated rings. The van der Waals surface area contributed by atoms with Crippen LogP contribution in [0.3, 0.4) is 0 Å².